The Balaban J connectivity index is 2.55. The maximum absolute atomic E-state index is 13.9. The van der Waals surface area contributed by atoms with Crippen LogP contribution in [-0.2, 0) is 10.1 Å². The Morgan fingerprint density at radius 1 is 1.08 bits per heavy atom. The van der Waals surface area contributed by atoms with Gasteiger partial charge in [-0.1, -0.05) is 26.0 Å². The van der Waals surface area contributed by atoms with E-state index in [9.17, 15) is 30.5 Å². The summed E-state index contributed by atoms with van der Waals surface area (Å²) in [5.41, 5.74) is 0.764. The normalized spacial score (nSPS) is 12.9. The van der Waals surface area contributed by atoms with E-state index in [4.69, 9.17) is 4.74 Å². The van der Waals surface area contributed by atoms with Gasteiger partial charge in [0.2, 0.25) is 17.4 Å². The lowest BCUT2D eigenvalue weighted by atomic mass is 9.99. The van der Waals surface area contributed by atoms with E-state index in [2.05, 4.69) is 0 Å². The molecule has 25 heavy (non-hydrogen) atoms. The molecule has 0 amide bonds. The van der Waals surface area contributed by atoms with E-state index in [0.717, 1.165) is 12.0 Å². The van der Waals surface area contributed by atoms with Gasteiger partial charge in [-0.15, -0.1) is 0 Å². The Hall–Kier alpha value is -2.13. The number of benzene rings is 2. The van der Waals surface area contributed by atoms with Gasteiger partial charge in [0.05, 0.1) is 0 Å². The Kier molecular flexibility index (Phi) is 5.38. The summed E-state index contributed by atoms with van der Waals surface area (Å²) in [4.78, 5) is -2.22. The molecular weight excluding hydrogens is 364 g/mol. The fourth-order valence-corrected chi connectivity index (χ4v) is 2.76. The summed E-state index contributed by atoms with van der Waals surface area (Å²) in [5, 5.41) is 0. The second-order valence-electron chi connectivity index (χ2n) is 5.35. The molecule has 4 nitrogen and oxygen atoms in total. The summed E-state index contributed by atoms with van der Waals surface area (Å²) >= 11 is 0. The first-order valence-electron chi connectivity index (χ1n) is 7.17. The molecule has 2 rings (SSSR count). The van der Waals surface area contributed by atoms with Gasteiger partial charge in [0.1, 0.15) is 20.8 Å². The summed E-state index contributed by atoms with van der Waals surface area (Å²) in [6.45, 7) is 3.82. The van der Waals surface area contributed by atoms with Crippen molar-refractivity contribution >= 4 is 10.1 Å². The molecule has 0 saturated heterocycles. The Morgan fingerprint density at radius 3 is 2.12 bits per heavy atom. The number of hydrogen-bond donors (Lipinski definition) is 0. The van der Waals surface area contributed by atoms with Gasteiger partial charge in [-0.05, 0) is 30.0 Å². The molecule has 0 fully saturated rings. The Labute approximate surface area is 141 Å². The van der Waals surface area contributed by atoms with Crippen LogP contribution in [0.25, 0.3) is 0 Å². The second kappa shape index (κ2) is 7.01. The fraction of sp³-hybridized carbons (Fsp3) is 0.250. The molecule has 0 aliphatic carbocycles. The van der Waals surface area contributed by atoms with E-state index in [1.807, 2.05) is 13.8 Å². The van der Waals surface area contributed by atoms with Crippen LogP contribution in [0.15, 0.2) is 29.2 Å². The van der Waals surface area contributed by atoms with Gasteiger partial charge in [-0.3, -0.25) is 0 Å². The van der Waals surface area contributed by atoms with Gasteiger partial charge in [0.25, 0.3) is 0 Å². The number of rotatable bonds is 5. The third-order valence-electron chi connectivity index (χ3n) is 3.69. The number of halogens is 4. The highest BCUT2D eigenvalue weighted by Gasteiger charge is 2.30. The summed E-state index contributed by atoms with van der Waals surface area (Å²) < 4.78 is 92.6. The van der Waals surface area contributed by atoms with Crippen molar-refractivity contribution in [3.63, 3.8) is 0 Å². The lowest BCUT2D eigenvalue weighted by Crippen LogP contribution is -2.11. The van der Waals surface area contributed by atoms with Crippen LogP contribution in [0, 0.1) is 23.3 Å². The van der Waals surface area contributed by atoms with E-state index in [1.54, 1.807) is 6.07 Å². The van der Waals surface area contributed by atoms with Crippen molar-refractivity contribution in [1.29, 1.82) is 0 Å². The number of ether oxygens (including phenoxy) is 1. The summed E-state index contributed by atoms with van der Waals surface area (Å²) in [5.74, 6) is -10.4. The maximum Gasteiger partial charge on any atom is 0.205 e. The second-order valence-corrected chi connectivity index (χ2v) is 6.67. The molecule has 0 heterocycles. The van der Waals surface area contributed by atoms with Crippen LogP contribution in [-0.4, -0.2) is 13.0 Å². The van der Waals surface area contributed by atoms with Crippen molar-refractivity contribution in [1.82, 2.24) is 0 Å². The highest BCUT2D eigenvalue weighted by Crippen LogP contribution is 2.35. The molecule has 0 N–H and O–H groups in total. The molecule has 0 spiro atoms. The summed E-state index contributed by atoms with van der Waals surface area (Å²) in [6, 6.07) is 6.00. The maximum atomic E-state index is 13.9. The van der Waals surface area contributed by atoms with Crippen molar-refractivity contribution in [2.75, 3.05) is 0 Å². The van der Waals surface area contributed by atoms with Gasteiger partial charge < -0.3 is 9.29 Å². The largest absolute Gasteiger partial charge is 0.744 e. The molecular formula is C16H13F4O4S-. The first-order chi connectivity index (χ1) is 11.6. The third kappa shape index (κ3) is 3.77. The van der Waals surface area contributed by atoms with Crippen molar-refractivity contribution in [2.45, 2.75) is 31.1 Å². The van der Waals surface area contributed by atoms with Crippen molar-refractivity contribution < 1.29 is 35.3 Å². The zero-order valence-corrected chi connectivity index (χ0v) is 14.0. The molecule has 0 radical (unpaired) electrons. The average Bonchev–Trinajstić information content (AvgIpc) is 2.55. The lowest BCUT2D eigenvalue weighted by molar-refractivity contribution is 0.345. The van der Waals surface area contributed by atoms with Crippen LogP contribution in [0.1, 0.15) is 31.7 Å². The topological polar surface area (TPSA) is 66.4 Å². The highest BCUT2D eigenvalue weighted by atomic mass is 32.2. The molecule has 136 valence electrons. The fourth-order valence-electron chi connectivity index (χ4n) is 2.14. The van der Waals surface area contributed by atoms with Crippen LogP contribution in [0.5, 0.6) is 11.5 Å². The highest BCUT2D eigenvalue weighted by molar-refractivity contribution is 7.85. The van der Waals surface area contributed by atoms with E-state index in [-0.39, 0.29) is 11.7 Å². The van der Waals surface area contributed by atoms with E-state index >= 15 is 0 Å². The van der Waals surface area contributed by atoms with E-state index in [1.165, 1.54) is 18.2 Å². The van der Waals surface area contributed by atoms with Gasteiger partial charge in [0, 0.05) is 0 Å². The Bertz CT molecular complexity index is 884. The SMILES string of the molecule is CCC(C)c1cccc(Oc2c(F)c(F)c(S(=O)(=O)[O-])c(F)c2F)c1. The average molecular weight is 377 g/mol. The van der Waals surface area contributed by atoms with Crippen LogP contribution in [0.2, 0.25) is 0 Å². The van der Waals surface area contributed by atoms with E-state index in [0.29, 0.717) is 0 Å². The first-order valence-corrected chi connectivity index (χ1v) is 8.58. The zero-order valence-electron chi connectivity index (χ0n) is 13.1. The standard InChI is InChI=1S/C16H14F4O4S/c1-3-8(2)9-5-4-6-10(7-9)24-15-11(17)13(19)16(25(21,22)23)14(20)12(15)18/h4-8H,3H2,1-2H3,(H,21,22,23)/p-1. The minimum atomic E-state index is -5.76. The molecule has 9 heteroatoms. The molecule has 2 aromatic carbocycles. The molecule has 0 aromatic heterocycles. The Morgan fingerprint density at radius 2 is 1.64 bits per heavy atom. The van der Waals surface area contributed by atoms with Crippen molar-refractivity contribution in [3.05, 3.63) is 53.1 Å². The predicted octanol–water partition coefficient (Wildman–Crippen LogP) is 4.45. The molecule has 0 aliphatic heterocycles. The molecule has 0 bridgehead atoms. The molecule has 0 saturated carbocycles. The molecule has 2 aromatic rings. The predicted molar refractivity (Wildman–Crippen MR) is 79.5 cm³/mol. The minimum absolute atomic E-state index is 0.0969. The van der Waals surface area contributed by atoms with Crippen molar-refractivity contribution in [3.8, 4) is 11.5 Å². The minimum Gasteiger partial charge on any atom is -0.744 e. The van der Waals surface area contributed by atoms with Gasteiger partial charge in [-0.2, -0.15) is 8.78 Å². The van der Waals surface area contributed by atoms with Gasteiger partial charge in [-0.25, -0.2) is 17.2 Å². The van der Waals surface area contributed by atoms with E-state index < -0.39 is 44.0 Å². The molecule has 1 unspecified atom stereocenters. The van der Waals surface area contributed by atoms with Gasteiger partial charge >= 0.3 is 0 Å². The zero-order chi connectivity index (χ0) is 18.9. The monoisotopic (exact) mass is 377 g/mol. The van der Waals surface area contributed by atoms with Crippen LogP contribution >= 0.6 is 0 Å². The van der Waals surface area contributed by atoms with Gasteiger partial charge in [0.15, 0.2) is 11.6 Å². The number of hydrogen-bond acceptors (Lipinski definition) is 4. The third-order valence-corrected chi connectivity index (χ3v) is 4.55. The smallest absolute Gasteiger partial charge is 0.205 e. The van der Waals surface area contributed by atoms with Crippen LogP contribution in [0.4, 0.5) is 17.6 Å². The van der Waals surface area contributed by atoms with Crippen molar-refractivity contribution in [2.24, 2.45) is 0 Å². The van der Waals surface area contributed by atoms with Crippen LogP contribution in [0.3, 0.4) is 0 Å². The lowest BCUT2D eigenvalue weighted by Gasteiger charge is -2.15. The first kappa shape index (κ1) is 19.2. The molecule has 1 atom stereocenters. The summed E-state index contributed by atoms with van der Waals surface area (Å²) in [7, 11) is -5.76. The van der Waals surface area contributed by atoms with Crippen LogP contribution < -0.4 is 4.74 Å². The molecule has 0 aliphatic rings. The summed E-state index contributed by atoms with van der Waals surface area (Å²) in [6.07, 6.45) is 0.769. The quantitative estimate of drug-likeness (QED) is 0.439.